The zero-order valence-electron chi connectivity index (χ0n) is 11.3. The van der Waals surface area contributed by atoms with Crippen LogP contribution in [0.4, 0.5) is 0 Å². The highest BCUT2D eigenvalue weighted by atomic mass is 32.1. The summed E-state index contributed by atoms with van der Waals surface area (Å²) in [5, 5.41) is 3.44. The van der Waals surface area contributed by atoms with Crippen LogP contribution in [0.3, 0.4) is 0 Å². The fourth-order valence-electron chi connectivity index (χ4n) is 2.20. The third-order valence-corrected chi connectivity index (χ3v) is 3.58. The lowest BCUT2D eigenvalue weighted by molar-refractivity contribution is -0.122. The first-order valence-electron chi connectivity index (χ1n) is 6.67. The summed E-state index contributed by atoms with van der Waals surface area (Å²) in [6.45, 7) is 0.484. The third kappa shape index (κ3) is 3.01. The Bertz CT molecular complexity index is 695. The Kier molecular flexibility index (Phi) is 3.79. The van der Waals surface area contributed by atoms with Gasteiger partial charge in [0.15, 0.2) is 5.11 Å². The summed E-state index contributed by atoms with van der Waals surface area (Å²) in [5.41, 5.74) is 2.54. The molecule has 104 valence electrons. The van der Waals surface area contributed by atoms with Gasteiger partial charge in [0.05, 0.1) is 6.54 Å². The topological polar surface area (TPSA) is 32.3 Å². The predicted octanol–water partition coefficient (Wildman–Crippen LogP) is 2.94. The summed E-state index contributed by atoms with van der Waals surface area (Å²) in [4.78, 5) is 14.0. The SMILES string of the molecule is O=C1/C(=C/c2ccccc2)NC(=S)N1Cc1ccccc1. The number of benzene rings is 2. The van der Waals surface area contributed by atoms with Crippen LogP contribution in [0.1, 0.15) is 11.1 Å². The largest absolute Gasteiger partial charge is 0.328 e. The smallest absolute Gasteiger partial charge is 0.276 e. The molecule has 0 aromatic heterocycles. The highest BCUT2D eigenvalue weighted by Gasteiger charge is 2.30. The molecule has 4 heteroatoms. The Hall–Kier alpha value is -2.46. The van der Waals surface area contributed by atoms with E-state index in [0.717, 1.165) is 11.1 Å². The molecule has 2 aromatic carbocycles. The highest BCUT2D eigenvalue weighted by Crippen LogP contribution is 2.16. The lowest BCUT2D eigenvalue weighted by Crippen LogP contribution is -2.29. The van der Waals surface area contributed by atoms with Gasteiger partial charge in [0.2, 0.25) is 0 Å². The molecule has 1 N–H and O–H groups in total. The molecule has 0 spiro atoms. The number of carbonyl (C=O) groups excluding carboxylic acids is 1. The van der Waals surface area contributed by atoms with Crippen molar-refractivity contribution >= 4 is 29.3 Å². The van der Waals surface area contributed by atoms with Crippen LogP contribution in [0.5, 0.6) is 0 Å². The summed E-state index contributed by atoms with van der Waals surface area (Å²) in [6, 6.07) is 19.5. The normalized spacial score (nSPS) is 16.4. The minimum Gasteiger partial charge on any atom is -0.328 e. The van der Waals surface area contributed by atoms with Crippen LogP contribution < -0.4 is 5.32 Å². The van der Waals surface area contributed by atoms with Crippen molar-refractivity contribution < 1.29 is 4.79 Å². The number of rotatable bonds is 3. The molecule has 0 bridgehead atoms. The average molecular weight is 294 g/mol. The van der Waals surface area contributed by atoms with E-state index in [1.54, 1.807) is 4.90 Å². The second kappa shape index (κ2) is 5.89. The van der Waals surface area contributed by atoms with Gasteiger partial charge in [0, 0.05) is 0 Å². The van der Waals surface area contributed by atoms with E-state index in [-0.39, 0.29) is 5.91 Å². The second-order valence-corrected chi connectivity index (χ2v) is 5.16. The van der Waals surface area contributed by atoms with E-state index in [1.807, 2.05) is 66.7 Å². The monoisotopic (exact) mass is 294 g/mol. The lowest BCUT2D eigenvalue weighted by Gasteiger charge is -2.13. The molecule has 0 atom stereocenters. The number of hydrogen-bond donors (Lipinski definition) is 1. The van der Waals surface area contributed by atoms with E-state index < -0.39 is 0 Å². The molecular formula is C17H14N2OS. The highest BCUT2D eigenvalue weighted by molar-refractivity contribution is 7.80. The van der Waals surface area contributed by atoms with Gasteiger partial charge in [-0.25, -0.2) is 0 Å². The van der Waals surface area contributed by atoms with Crippen molar-refractivity contribution in [3.63, 3.8) is 0 Å². The molecule has 0 aliphatic carbocycles. The van der Waals surface area contributed by atoms with Crippen molar-refractivity contribution in [3.05, 3.63) is 77.5 Å². The molecule has 1 aliphatic heterocycles. The van der Waals surface area contributed by atoms with Crippen LogP contribution in [0, 0.1) is 0 Å². The van der Waals surface area contributed by atoms with Crippen LogP contribution in [0.2, 0.25) is 0 Å². The molecule has 1 amide bonds. The quantitative estimate of drug-likeness (QED) is 0.698. The van der Waals surface area contributed by atoms with Crippen molar-refractivity contribution in [3.8, 4) is 0 Å². The van der Waals surface area contributed by atoms with Crippen LogP contribution in [-0.4, -0.2) is 15.9 Å². The van der Waals surface area contributed by atoms with E-state index in [9.17, 15) is 4.79 Å². The zero-order chi connectivity index (χ0) is 14.7. The molecule has 3 nitrogen and oxygen atoms in total. The Balaban J connectivity index is 1.81. The van der Waals surface area contributed by atoms with Crippen LogP contribution >= 0.6 is 12.2 Å². The van der Waals surface area contributed by atoms with Gasteiger partial charge in [-0.1, -0.05) is 60.7 Å². The molecular weight excluding hydrogens is 280 g/mol. The molecule has 1 saturated heterocycles. The first-order valence-corrected chi connectivity index (χ1v) is 7.08. The first kappa shape index (κ1) is 13.5. The molecule has 0 unspecified atom stereocenters. The van der Waals surface area contributed by atoms with Gasteiger partial charge in [0.1, 0.15) is 5.70 Å². The maximum absolute atomic E-state index is 12.4. The Morgan fingerprint density at radius 1 is 1.00 bits per heavy atom. The molecule has 1 fully saturated rings. The van der Waals surface area contributed by atoms with Gasteiger partial charge in [-0.3, -0.25) is 9.69 Å². The molecule has 21 heavy (non-hydrogen) atoms. The number of amides is 1. The van der Waals surface area contributed by atoms with Crippen molar-refractivity contribution in [1.82, 2.24) is 10.2 Å². The van der Waals surface area contributed by atoms with Gasteiger partial charge in [-0.2, -0.15) is 0 Å². The van der Waals surface area contributed by atoms with E-state index >= 15 is 0 Å². The molecule has 0 saturated carbocycles. The molecule has 1 heterocycles. The average Bonchev–Trinajstić information content (AvgIpc) is 2.77. The second-order valence-electron chi connectivity index (χ2n) is 4.78. The number of nitrogens with zero attached hydrogens (tertiary/aromatic N) is 1. The number of thiocarbonyl (C=S) groups is 1. The standard InChI is InChI=1S/C17H14N2OS/c20-16-15(11-13-7-3-1-4-8-13)18-17(21)19(16)12-14-9-5-2-6-10-14/h1-11H,12H2,(H,18,21)/b15-11-. The predicted molar refractivity (Wildman–Crippen MR) is 87.1 cm³/mol. The van der Waals surface area contributed by atoms with Crippen molar-refractivity contribution in [2.75, 3.05) is 0 Å². The fourth-order valence-corrected chi connectivity index (χ4v) is 2.45. The van der Waals surface area contributed by atoms with Crippen molar-refractivity contribution in [2.45, 2.75) is 6.54 Å². The number of carbonyl (C=O) groups is 1. The molecule has 3 rings (SSSR count). The third-order valence-electron chi connectivity index (χ3n) is 3.26. The zero-order valence-corrected chi connectivity index (χ0v) is 12.1. The van der Waals surface area contributed by atoms with Crippen LogP contribution in [-0.2, 0) is 11.3 Å². The van der Waals surface area contributed by atoms with Crippen LogP contribution in [0.15, 0.2) is 66.4 Å². The fraction of sp³-hybridized carbons (Fsp3) is 0.0588. The Morgan fingerprint density at radius 3 is 2.29 bits per heavy atom. The number of hydrogen-bond acceptors (Lipinski definition) is 2. The summed E-state index contributed by atoms with van der Waals surface area (Å²) in [5.74, 6) is -0.0901. The van der Waals surface area contributed by atoms with Gasteiger partial charge < -0.3 is 5.32 Å². The Labute approximate surface area is 128 Å². The summed E-state index contributed by atoms with van der Waals surface area (Å²) >= 11 is 5.26. The van der Waals surface area contributed by atoms with Gasteiger partial charge >= 0.3 is 0 Å². The van der Waals surface area contributed by atoms with E-state index in [0.29, 0.717) is 17.4 Å². The van der Waals surface area contributed by atoms with Gasteiger partial charge in [-0.05, 0) is 29.4 Å². The van der Waals surface area contributed by atoms with E-state index in [4.69, 9.17) is 12.2 Å². The Morgan fingerprint density at radius 2 is 1.62 bits per heavy atom. The summed E-state index contributed by atoms with van der Waals surface area (Å²) in [7, 11) is 0. The number of nitrogens with one attached hydrogen (secondary N) is 1. The van der Waals surface area contributed by atoms with Gasteiger partial charge in [-0.15, -0.1) is 0 Å². The summed E-state index contributed by atoms with van der Waals surface area (Å²) < 4.78 is 0. The maximum Gasteiger partial charge on any atom is 0.276 e. The van der Waals surface area contributed by atoms with Gasteiger partial charge in [0.25, 0.3) is 5.91 Å². The maximum atomic E-state index is 12.4. The first-order chi connectivity index (χ1) is 10.2. The van der Waals surface area contributed by atoms with Crippen molar-refractivity contribution in [2.24, 2.45) is 0 Å². The van der Waals surface area contributed by atoms with Crippen molar-refractivity contribution in [1.29, 1.82) is 0 Å². The molecule has 0 radical (unpaired) electrons. The molecule has 1 aliphatic rings. The van der Waals surface area contributed by atoms with E-state index in [1.165, 1.54) is 0 Å². The summed E-state index contributed by atoms with van der Waals surface area (Å²) in [6.07, 6.45) is 1.82. The lowest BCUT2D eigenvalue weighted by atomic mass is 10.2. The minimum absolute atomic E-state index is 0.0901. The van der Waals surface area contributed by atoms with E-state index in [2.05, 4.69) is 5.32 Å². The molecule has 2 aromatic rings. The van der Waals surface area contributed by atoms with Crippen LogP contribution in [0.25, 0.3) is 6.08 Å². The minimum atomic E-state index is -0.0901.